The molecule has 3 heterocycles. The van der Waals surface area contributed by atoms with Crippen LogP contribution in [0, 0.1) is 0 Å². The second-order valence-electron chi connectivity index (χ2n) is 12.9. The van der Waals surface area contributed by atoms with Crippen molar-refractivity contribution >= 4 is 76.3 Å². The fourth-order valence-electron chi connectivity index (χ4n) is 8.31. The fraction of sp³-hybridized carbons (Fsp3) is 0. The van der Waals surface area contributed by atoms with Gasteiger partial charge in [0.15, 0.2) is 0 Å². The zero-order valence-electron chi connectivity index (χ0n) is 26.5. The van der Waals surface area contributed by atoms with Crippen LogP contribution >= 0.6 is 0 Å². The van der Waals surface area contributed by atoms with Crippen LogP contribution in [0.25, 0.3) is 98.8 Å². The van der Waals surface area contributed by atoms with Crippen molar-refractivity contribution in [2.75, 3.05) is 0 Å². The highest BCUT2D eigenvalue weighted by atomic mass is 16.3. The van der Waals surface area contributed by atoms with Crippen LogP contribution in [0.1, 0.15) is 0 Å². The molecule has 228 valence electrons. The molecule has 0 unspecified atom stereocenters. The molecule has 0 aliphatic carbocycles. The van der Waals surface area contributed by atoms with Gasteiger partial charge < -0.3 is 13.6 Å². The lowest BCUT2D eigenvalue weighted by Gasteiger charge is -2.14. The van der Waals surface area contributed by atoms with E-state index in [4.69, 9.17) is 4.42 Å². The molecular formula is C46H28N2O. The number of hydrogen-bond acceptors (Lipinski definition) is 1. The van der Waals surface area contributed by atoms with Gasteiger partial charge in [0.05, 0.1) is 22.1 Å². The van der Waals surface area contributed by atoms with Crippen LogP contribution in [0.2, 0.25) is 0 Å². The van der Waals surface area contributed by atoms with Crippen LogP contribution in [-0.2, 0) is 0 Å². The fourth-order valence-corrected chi connectivity index (χ4v) is 8.31. The summed E-state index contributed by atoms with van der Waals surface area (Å²) in [6.07, 6.45) is 0. The summed E-state index contributed by atoms with van der Waals surface area (Å²) in [4.78, 5) is 0. The SMILES string of the molecule is c1ccc(-c2cccc(-n3c4ccccc4c4c3c3ccc5oc6ccccc6c5c3c3c5ccccc5n(-c5ccccc5)c34)c2)cc1. The number of rotatable bonds is 3. The van der Waals surface area contributed by atoms with Gasteiger partial charge in [0.2, 0.25) is 0 Å². The normalized spacial score (nSPS) is 12.1. The molecule has 0 N–H and O–H groups in total. The number of para-hydroxylation sites is 4. The summed E-state index contributed by atoms with van der Waals surface area (Å²) in [6.45, 7) is 0. The maximum atomic E-state index is 6.55. The largest absolute Gasteiger partial charge is 0.456 e. The van der Waals surface area contributed by atoms with Crippen LogP contribution in [0.15, 0.2) is 174 Å². The average Bonchev–Trinajstić information content (AvgIpc) is 3.84. The van der Waals surface area contributed by atoms with Gasteiger partial charge in [-0.05, 0) is 65.7 Å². The molecule has 11 aromatic rings. The molecule has 3 nitrogen and oxygen atoms in total. The number of hydrogen-bond donors (Lipinski definition) is 0. The Labute approximate surface area is 281 Å². The Bertz CT molecular complexity index is 3090. The molecule has 0 atom stereocenters. The Morgan fingerprint density at radius 1 is 0.327 bits per heavy atom. The van der Waals surface area contributed by atoms with Gasteiger partial charge in [-0.25, -0.2) is 0 Å². The van der Waals surface area contributed by atoms with E-state index in [0.717, 1.165) is 33.3 Å². The lowest BCUT2D eigenvalue weighted by molar-refractivity contribution is 0.669. The van der Waals surface area contributed by atoms with Gasteiger partial charge in [-0.15, -0.1) is 0 Å². The average molecular weight is 625 g/mol. The molecule has 0 saturated carbocycles. The highest BCUT2D eigenvalue weighted by molar-refractivity contribution is 6.41. The molecule has 0 saturated heterocycles. The summed E-state index contributed by atoms with van der Waals surface area (Å²) in [7, 11) is 0. The summed E-state index contributed by atoms with van der Waals surface area (Å²) >= 11 is 0. The lowest BCUT2D eigenvalue weighted by Crippen LogP contribution is -1.97. The number of nitrogens with zero attached hydrogens (tertiary/aromatic N) is 2. The van der Waals surface area contributed by atoms with E-state index in [9.17, 15) is 0 Å². The molecule has 0 bridgehead atoms. The van der Waals surface area contributed by atoms with Gasteiger partial charge in [-0.3, -0.25) is 0 Å². The molecular weight excluding hydrogens is 597 g/mol. The first-order valence-electron chi connectivity index (χ1n) is 16.8. The first-order valence-corrected chi connectivity index (χ1v) is 16.8. The summed E-state index contributed by atoms with van der Waals surface area (Å²) in [5.74, 6) is 0. The standard InChI is InChI=1S/C46H28N2O/c1-3-14-29(15-4-1)30-16-13-19-32(28-30)48-38-24-11-8-21-34(38)44-45(48)36-26-27-40-41(35-22-9-12-25-39(35)49-40)42(36)43-33-20-7-10-23-37(33)47(46(43)44)31-17-5-2-6-18-31/h1-28H. The number of benzene rings is 8. The highest BCUT2D eigenvalue weighted by Gasteiger charge is 2.26. The lowest BCUT2D eigenvalue weighted by atomic mass is 9.95. The van der Waals surface area contributed by atoms with E-state index >= 15 is 0 Å². The molecule has 0 aliphatic heterocycles. The van der Waals surface area contributed by atoms with Crippen molar-refractivity contribution in [3.05, 3.63) is 170 Å². The zero-order chi connectivity index (χ0) is 32.1. The van der Waals surface area contributed by atoms with E-state index in [1.54, 1.807) is 0 Å². The van der Waals surface area contributed by atoms with E-state index in [2.05, 4.69) is 179 Å². The Balaban J connectivity index is 1.45. The predicted octanol–water partition coefficient (Wildman–Crippen LogP) is 12.6. The minimum absolute atomic E-state index is 0.902. The van der Waals surface area contributed by atoms with Crippen molar-refractivity contribution in [2.45, 2.75) is 0 Å². The third kappa shape index (κ3) is 3.62. The van der Waals surface area contributed by atoms with E-state index in [-0.39, 0.29) is 0 Å². The topological polar surface area (TPSA) is 23.0 Å². The molecule has 0 amide bonds. The smallest absolute Gasteiger partial charge is 0.136 e. The van der Waals surface area contributed by atoms with Crippen molar-refractivity contribution < 1.29 is 4.42 Å². The zero-order valence-corrected chi connectivity index (χ0v) is 26.5. The van der Waals surface area contributed by atoms with E-state index in [0.29, 0.717) is 0 Å². The van der Waals surface area contributed by atoms with E-state index in [1.165, 1.54) is 65.5 Å². The van der Waals surface area contributed by atoms with Crippen molar-refractivity contribution in [2.24, 2.45) is 0 Å². The first kappa shape index (κ1) is 26.5. The summed E-state index contributed by atoms with van der Waals surface area (Å²) in [6, 6.07) is 61.1. The Hall–Kier alpha value is -6.58. The third-order valence-electron chi connectivity index (χ3n) is 10.3. The summed E-state index contributed by atoms with van der Waals surface area (Å²) in [5.41, 5.74) is 11.2. The minimum atomic E-state index is 0.902. The number of fused-ring (bicyclic) bond motifs is 14. The second kappa shape index (κ2) is 9.96. The van der Waals surface area contributed by atoms with Crippen LogP contribution in [0.5, 0.6) is 0 Å². The number of furan rings is 1. The quantitative estimate of drug-likeness (QED) is 0.192. The monoisotopic (exact) mass is 624 g/mol. The number of aromatic nitrogens is 2. The van der Waals surface area contributed by atoms with Crippen LogP contribution < -0.4 is 0 Å². The molecule has 0 aliphatic rings. The molecule has 11 rings (SSSR count). The Kier molecular flexibility index (Phi) is 5.38. The van der Waals surface area contributed by atoms with Crippen molar-refractivity contribution in [3.63, 3.8) is 0 Å². The Morgan fingerprint density at radius 3 is 1.69 bits per heavy atom. The third-order valence-corrected chi connectivity index (χ3v) is 10.3. The van der Waals surface area contributed by atoms with Crippen LogP contribution in [0.4, 0.5) is 0 Å². The predicted molar refractivity (Wildman–Crippen MR) is 205 cm³/mol. The first-order chi connectivity index (χ1) is 24.3. The maximum Gasteiger partial charge on any atom is 0.136 e. The maximum absolute atomic E-state index is 6.55. The molecule has 3 aromatic heterocycles. The van der Waals surface area contributed by atoms with Crippen molar-refractivity contribution in [3.8, 4) is 22.5 Å². The molecule has 0 fully saturated rings. The van der Waals surface area contributed by atoms with Gasteiger partial charge in [0, 0.05) is 54.5 Å². The molecule has 0 radical (unpaired) electrons. The molecule has 3 heteroatoms. The van der Waals surface area contributed by atoms with Crippen molar-refractivity contribution in [1.82, 2.24) is 9.13 Å². The minimum Gasteiger partial charge on any atom is -0.456 e. The van der Waals surface area contributed by atoms with Gasteiger partial charge in [0.25, 0.3) is 0 Å². The Morgan fingerprint density at radius 2 is 0.918 bits per heavy atom. The highest BCUT2D eigenvalue weighted by Crippen LogP contribution is 2.49. The van der Waals surface area contributed by atoms with Crippen LogP contribution in [0.3, 0.4) is 0 Å². The molecule has 49 heavy (non-hydrogen) atoms. The van der Waals surface area contributed by atoms with Crippen LogP contribution in [-0.4, -0.2) is 9.13 Å². The van der Waals surface area contributed by atoms with E-state index < -0.39 is 0 Å². The molecule has 8 aromatic carbocycles. The summed E-state index contributed by atoms with van der Waals surface area (Å²) < 4.78 is 11.5. The van der Waals surface area contributed by atoms with E-state index in [1.807, 2.05) is 0 Å². The molecule has 0 spiro atoms. The van der Waals surface area contributed by atoms with Gasteiger partial charge >= 0.3 is 0 Å². The van der Waals surface area contributed by atoms with Gasteiger partial charge in [0.1, 0.15) is 11.2 Å². The van der Waals surface area contributed by atoms with Gasteiger partial charge in [-0.2, -0.15) is 0 Å². The second-order valence-corrected chi connectivity index (χ2v) is 12.9. The van der Waals surface area contributed by atoms with Crippen molar-refractivity contribution in [1.29, 1.82) is 0 Å². The van der Waals surface area contributed by atoms with Gasteiger partial charge in [-0.1, -0.05) is 115 Å². The summed E-state index contributed by atoms with van der Waals surface area (Å²) in [5, 5.41) is 9.67.